The first-order valence-corrected chi connectivity index (χ1v) is 7.33. The molecule has 21 heavy (non-hydrogen) atoms. The average molecular weight is 280 g/mol. The van der Waals surface area contributed by atoms with Crippen LogP contribution in [0.5, 0.6) is 5.75 Å². The second-order valence-electron chi connectivity index (χ2n) is 6.65. The van der Waals surface area contributed by atoms with E-state index in [0.717, 1.165) is 16.9 Å². The third kappa shape index (κ3) is 2.46. The lowest BCUT2D eigenvalue weighted by atomic mass is 9.71. The molecule has 0 bridgehead atoms. The molecule has 1 heterocycles. The Morgan fingerprint density at radius 3 is 2.19 bits per heavy atom. The second-order valence-corrected chi connectivity index (χ2v) is 6.65. The Balaban J connectivity index is 2.11. The molecule has 2 atom stereocenters. The van der Waals surface area contributed by atoms with Crippen LogP contribution >= 0.6 is 0 Å². The molecule has 1 aliphatic heterocycles. The van der Waals surface area contributed by atoms with Crippen molar-refractivity contribution in [3.05, 3.63) is 65.7 Å². The SMILES string of the molecule is CC(C)(C)C1C(=O)C(c2ccccc2)Oc2ccccc21. The van der Waals surface area contributed by atoms with Crippen molar-refractivity contribution in [1.29, 1.82) is 0 Å². The van der Waals surface area contributed by atoms with Crippen molar-refractivity contribution in [1.82, 2.24) is 0 Å². The summed E-state index contributed by atoms with van der Waals surface area (Å²) in [6, 6.07) is 17.6. The summed E-state index contributed by atoms with van der Waals surface area (Å²) >= 11 is 0. The van der Waals surface area contributed by atoms with E-state index in [4.69, 9.17) is 4.74 Å². The summed E-state index contributed by atoms with van der Waals surface area (Å²) in [6.45, 7) is 6.33. The van der Waals surface area contributed by atoms with Crippen LogP contribution in [0.4, 0.5) is 0 Å². The molecule has 1 aliphatic rings. The number of carbonyl (C=O) groups excluding carboxylic acids is 1. The zero-order valence-corrected chi connectivity index (χ0v) is 12.7. The van der Waals surface area contributed by atoms with Crippen molar-refractivity contribution in [3.63, 3.8) is 0 Å². The van der Waals surface area contributed by atoms with Crippen molar-refractivity contribution in [2.24, 2.45) is 5.41 Å². The fraction of sp³-hybridized carbons (Fsp3) is 0.316. The van der Waals surface area contributed by atoms with E-state index in [0.29, 0.717) is 0 Å². The summed E-state index contributed by atoms with van der Waals surface area (Å²) in [5, 5.41) is 0. The van der Waals surface area contributed by atoms with Gasteiger partial charge in [-0.2, -0.15) is 0 Å². The van der Waals surface area contributed by atoms with Crippen molar-refractivity contribution in [2.45, 2.75) is 32.8 Å². The van der Waals surface area contributed by atoms with Crippen LogP contribution in [0.15, 0.2) is 54.6 Å². The number of hydrogen-bond donors (Lipinski definition) is 0. The number of hydrogen-bond acceptors (Lipinski definition) is 2. The maximum atomic E-state index is 13.0. The molecule has 0 aromatic heterocycles. The van der Waals surface area contributed by atoms with Gasteiger partial charge in [-0.3, -0.25) is 4.79 Å². The summed E-state index contributed by atoms with van der Waals surface area (Å²) in [7, 11) is 0. The van der Waals surface area contributed by atoms with Crippen LogP contribution in [0.1, 0.15) is 43.9 Å². The molecule has 2 unspecified atom stereocenters. The fourth-order valence-corrected chi connectivity index (χ4v) is 3.07. The van der Waals surface area contributed by atoms with Gasteiger partial charge in [0.2, 0.25) is 0 Å². The monoisotopic (exact) mass is 280 g/mol. The molecular weight excluding hydrogens is 260 g/mol. The largest absolute Gasteiger partial charge is 0.478 e. The highest BCUT2D eigenvalue weighted by Gasteiger charge is 2.43. The molecule has 0 saturated heterocycles. The molecule has 108 valence electrons. The Morgan fingerprint density at radius 1 is 0.905 bits per heavy atom. The highest BCUT2D eigenvalue weighted by molar-refractivity contribution is 5.93. The molecule has 0 radical (unpaired) electrons. The van der Waals surface area contributed by atoms with Crippen molar-refractivity contribution in [2.75, 3.05) is 0 Å². The molecule has 2 nitrogen and oxygen atoms in total. The predicted molar refractivity (Wildman–Crippen MR) is 83.5 cm³/mol. The van der Waals surface area contributed by atoms with Gasteiger partial charge in [-0.15, -0.1) is 0 Å². The number of rotatable bonds is 1. The van der Waals surface area contributed by atoms with Crippen molar-refractivity contribution >= 4 is 5.78 Å². The van der Waals surface area contributed by atoms with Crippen LogP contribution in [-0.4, -0.2) is 5.78 Å². The lowest BCUT2D eigenvalue weighted by Gasteiger charge is -2.38. The number of carbonyl (C=O) groups is 1. The number of para-hydroxylation sites is 1. The highest BCUT2D eigenvalue weighted by atomic mass is 16.5. The Hall–Kier alpha value is -2.09. The summed E-state index contributed by atoms with van der Waals surface area (Å²) in [5.41, 5.74) is 1.79. The third-order valence-electron chi connectivity index (χ3n) is 3.99. The number of Topliss-reactive ketones (excluding diaryl/α,β-unsaturated/α-hetero) is 1. The minimum Gasteiger partial charge on any atom is -0.478 e. The predicted octanol–water partition coefficient (Wildman–Crippen LogP) is 4.52. The van der Waals surface area contributed by atoms with E-state index in [9.17, 15) is 4.79 Å². The maximum absolute atomic E-state index is 13.0. The third-order valence-corrected chi connectivity index (χ3v) is 3.99. The first-order valence-electron chi connectivity index (χ1n) is 7.33. The Kier molecular flexibility index (Phi) is 3.32. The summed E-state index contributed by atoms with van der Waals surface area (Å²) < 4.78 is 6.01. The molecule has 0 saturated carbocycles. The molecule has 0 amide bonds. The van der Waals surface area contributed by atoms with Crippen molar-refractivity contribution < 1.29 is 9.53 Å². The van der Waals surface area contributed by atoms with E-state index < -0.39 is 6.10 Å². The van der Waals surface area contributed by atoms with Gasteiger partial charge < -0.3 is 4.74 Å². The van der Waals surface area contributed by atoms with Crippen molar-refractivity contribution in [3.8, 4) is 5.75 Å². The van der Waals surface area contributed by atoms with Crippen LogP contribution in [-0.2, 0) is 4.79 Å². The molecule has 0 N–H and O–H groups in total. The Labute approximate surface area is 125 Å². The summed E-state index contributed by atoms with van der Waals surface area (Å²) in [4.78, 5) is 13.0. The van der Waals surface area contributed by atoms with Gasteiger partial charge in [-0.1, -0.05) is 69.3 Å². The zero-order valence-electron chi connectivity index (χ0n) is 12.7. The van der Waals surface area contributed by atoms with Gasteiger partial charge in [0, 0.05) is 5.56 Å². The molecule has 0 fully saturated rings. The molecule has 2 aromatic rings. The summed E-state index contributed by atoms with van der Waals surface area (Å²) in [5.74, 6) is 0.825. The first kappa shape index (κ1) is 13.9. The van der Waals surface area contributed by atoms with E-state index >= 15 is 0 Å². The number of benzene rings is 2. The molecule has 0 aliphatic carbocycles. The molecule has 0 spiro atoms. The van der Waals surface area contributed by atoms with E-state index in [-0.39, 0.29) is 17.1 Å². The molecule has 2 heteroatoms. The van der Waals surface area contributed by atoms with Crippen LogP contribution < -0.4 is 4.74 Å². The Bertz CT molecular complexity index is 653. The van der Waals surface area contributed by atoms with E-state index in [1.807, 2.05) is 54.6 Å². The van der Waals surface area contributed by atoms with Gasteiger partial charge in [0.05, 0.1) is 5.92 Å². The quantitative estimate of drug-likeness (QED) is 0.767. The Morgan fingerprint density at radius 2 is 1.52 bits per heavy atom. The number of ketones is 1. The fourth-order valence-electron chi connectivity index (χ4n) is 3.07. The average Bonchev–Trinajstić information content (AvgIpc) is 2.46. The lowest BCUT2D eigenvalue weighted by molar-refractivity contribution is -0.131. The molecule has 3 rings (SSSR count). The van der Waals surface area contributed by atoms with E-state index in [2.05, 4.69) is 20.8 Å². The van der Waals surface area contributed by atoms with Gasteiger partial charge in [0.25, 0.3) is 0 Å². The van der Waals surface area contributed by atoms with E-state index in [1.165, 1.54) is 0 Å². The van der Waals surface area contributed by atoms with Gasteiger partial charge in [0.15, 0.2) is 11.9 Å². The maximum Gasteiger partial charge on any atom is 0.185 e. The van der Waals surface area contributed by atoms with Gasteiger partial charge >= 0.3 is 0 Å². The van der Waals surface area contributed by atoms with Gasteiger partial charge in [-0.05, 0) is 17.0 Å². The topological polar surface area (TPSA) is 26.3 Å². The molecular formula is C19H20O2. The van der Waals surface area contributed by atoms with Gasteiger partial charge in [-0.25, -0.2) is 0 Å². The van der Waals surface area contributed by atoms with Crippen LogP contribution in [0.25, 0.3) is 0 Å². The number of ether oxygens (including phenoxy) is 1. The van der Waals surface area contributed by atoms with Crippen LogP contribution in [0.2, 0.25) is 0 Å². The van der Waals surface area contributed by atoms with Gasteiger partial charge in [0.1, 0.15) is 5.75 Å². The van der Waals surface area contributed by atoms with Crippen LogP contribution in [0.3, 0.4) is 0 Å². The van der Waals surface area contributed by atoms with E-state index in [1.54, 1.807) is 0 Å². The zero-order chi connectivity index (χ0) is 15.0. The number of fused-ring (bicyclic) bond motifs is 1. The minimum absolute atomic E-state index is 0.135. The standard InChI is InChI=1S/C19H20O2/c1-19(2,3)16-14-11-7-8-12-15(14)21-18(17(16)20)13-9-5-4-6-10-13/h4-12,16,18H,1-3H3. The normalized spacial score (nSPS) is 21.6. The second kappa shape index (κ2) is 5.03. The first-order chi connectivity index (χ1) is 9.98. The highest BCUT2D eigenvalue weighted by Crippen LogP contribution is 2.47. The molecule has 2 aromatic carbocycles. The van der Waals surface area contributed by atoms with Crippen LogP contribution in [0, 0.1) is 5.41 Å². The smallest absolute Gasteiger partial charge is 0.185 e. The minimum atomic E-state index is -0.509. The summed E-state index contributed by atoms with van der Waals surface area (Å²) in [6.07, 6.45) is -0.509. The lowest BCUT2D eigenvalue weighted by Crippen LogP contribution is -2.36.